The summed E-state index contributed by atoms with van der Waals surface area (Å²) in [6, 6.07) is 18.4. The fourth-order valence-electron chi connectivity index (χ4n) is 2.64. The van der Waals surface area contributed by atoms with Crippen molar-refractivity contribution in [3.63, 3.8) is 0 Å². The molecule has 28 heavy (non-hydrogen) atoms. The number of carbonyl (C=O) groups is 2. The highest BCUT2D eigenvalue weighted by Gasteiger charge is 2.17. The highest BCUT2D eigenvalue weighted by molar-refractivity contribution is 6.36. The summed E-state index contributed by atoms with van der Waals surface area (Å²) in [6.07, 6.45) is -0.857. The van der Waals surface area contributed by atoms with Crippen LogP contribution < -0.4 is 15.6 Å². The molecule has 1 atom stereocenters. The lowest BCUT2D eigenvalue weighted by Gasteiger charge is -2.16. The first-order valence-electron chi connectivity index (χ1n) is 8.61. The molecule has 0 unspecified atom stereocenters. The van der Waals surface area contributed by atoms with E-state index in [1.165, 1.54) is 0 Å². The van der Waals surface area contributed by atoms with E-state index in [-0.39, 0.29) is 6.42 Å². The molecule has 3 aromatic carbocycles. The fraction of sp³-hybridized carbons (Fsp3) is 0.143. The summed E-state index contributed by atoms with van der Waals surface area (Å²) in [5.41, 5.74) is 5.19. The largest absolute Gasteiger partial charge is 0.481 e. The Hall–Kier alpha value is -2.76. The van der Waals surface area contributed by atoms with Gasteiger partial charge in [0.2, 0.25) is 5.91 Å². The second-order valence-corrected chi connectivity index (χ2v) is 7.00. The van der Waals surface area contributed by atoms with Gasteiger partial charge in [-0.15, -0.1) is 0 Å². The lowest BCUT2D eigenvalue weighted by Crippen LogP contribution is -2.47. The van der Waals surface area contributed by atoms with E-state index in [4.69, 9.17) is 27.9 Å². The van der Waals surface area contributed by atoms with Gasteiger partial charge in [0, 0.05) is 10.0 Å². The van der Waals surface area contributed by atoms with Gasteiger partial charge < -0.3 is 4.74 Å². The molecule has 0 aliphatic heterocycles. The normalized spacial score (nSPS) is 11.7. The van der Waals surface area contributed by atoms with Crippen LogP contribution in [0.1, 0.15) is 12.5 Å². The minimum atomic E-state index is -0.801. The zero-order chi connectivity index (χ0) is 20.1. The van der Waals surface area contributed by atoms with Crippen molar-refractivity contribution < 1.29 is 14.3 Å². The van der Waals surface area contributed by atoms with E-state index in [0.717, 1.165) is 10.8 Å². The summed E-state index contributed by atoms with van der Waals surface area (Å²) in [7, 11) is 0. The number of nitrogens with one attached hydrogen (secondary N) is 2. The first-order valence-corrected chi connectivity index (χ1v) is 9.36. The van der Waals surface area contributed by atoms with Crippen LogP contribution in [0.15, 0.2) is 60.7 Å². The quantitative estimate of drug-likeness (QED) is 0.609. The Labute approximate surface area is 172 Å². The van der Waals surface area contributed by atoms with Crippen LogP contribution in [-0.2, 0) is 16.0 Å². The maximum atomic E-state index is 12.2. The molecule has 144 valence electrons. The summed E-state index contributed by atoms with van der Waals surface area (Å²) >= 11 is 12.1. The summed E-state index contributed by atoms with van der Waals surface area (Å²) in [5.74, 6) is -0.358. The van der Waals surface area contributed by atoms with Gasteiger partial charge in [0.15, 0.2) is 6.10 Å². The number of hydrogen-bond donors (Lipinski definition) is 2. The third kappa shape index (κ3) is 4.94. The van der Waals surface area contributed by atoms with Gasteiger partial charge in [-0.2, -0.15) is 0 Å². The van der Waals surface area contributed by atoms with Gasteiger partial charge in [-0.3, -0.25) is 20.4 Å². The van der Waals surface area contributed by atoms with Crippen LogP contribution in [0, 0.1) is 0 Å². The first kappa shape index (κ1) is 20.0. The average molecular weight is 417 g/mol. The van der Waals surface area contributed by atoms with Crippen LogP contribution in [0.4, 0.5) is 0 Å². The van der Waals surface area contributed by atoms with Gasteiger partial charge in [0.25, 0.3) is 5.91 Å². The third-order valence-corrected chi connectivity index (χ3v) is 4.84. The van der Waals surface area contributed by atoms with Crippen LogP contribution in [0.2, 0.25) is 10.0 Å². The molecule has 0 bridgehead atoms. The Bertz CT molecular complexity index is 1000. The van der Waals surface area contributed by atoms with Gasteiger partial charge in [-0.25, -0.2) is 0 Å². The van der Waals surface area contributed by atoms with Crippen molar-refractivity contribution in [2.24, 2.45) is 0 Å². The lowest BCUT2D eigenvalue weighted by atomic mass is 10.1. The van der Waals surface area contributed by atoms with E-state index in [1.54, 1.807) is 31.2 Å². The molecule has 0 radical (unpaired) electrons. The van der Waals surface area contributed by atoms with Gasteiger partial charge in [0.05, 0.1) is 6.42 Å². The summed E-state index contributed by atoms with van der Waals surface area (Å²) in [6.45, 7) is 1.60. The number of hydrogen-bond acceptors (Lipinski definition) is 3. The molecule has 3 aromatic rings. The van der Waals surface area contributed by atoms with Crippen molar-refractivity contribution in [1.29, 1.82) is 0 Å². The Balaban J connectivity index is 1.54. The molecule has 2 amide bonds. The van der Waals surface area contributed by atoms with Gasteiger partial charge in [0.1, 0.15) is 5.75 Å². The zero-order valence-corrected chi connectivity index (χ0v) is 16.6. The molecular weight excluding hydrogens is 399 g/mol. The number of halogens is 2. The Morgan fingerprint density at radius 2 is 1.61 bits per heavy atom. The molecule has 3 rings (SSSR count). The molecule has 7 heteroatoms. The van der Waals surface area contributed by atoms with E-state index in [9.17, 15) is 9.59 Å². The van der Waals surface area contributed by atoms with Crippen LogP contribution in [0.5, 0.6) is 5.75 Å². The van der Waals surface area contributed by atoms with Crippen molar-refractivity contribution in [3.8, 4) is 5.75 Å². The molecule has 0 aliphatic carbocycles. The molecule has 0 saturated carbocycles. The summed E-state index contributed by atoms with van der Waals surface area (Å²) < 4.78 is 5.67. The van der Waals surface area contributed by atoms with Crippen LogP contribution in [-0.4, -0.2) is 17.9 Å². The van der Waals surface area contributed by atoms with Crippen LogP contribution in [0.25, 0.3) is 10.8 Å². The number of benzene rings is 3. The second-order valence-electron chi connectivity index (χ2n) is 6.18. The number of fused-ring (bicyclic) bond motifs is 1. The van der Waals surface area contributed by atoms with Crippen molar-refractivity contribution in [1.82, 2.24) is 10.9 Å². The maximum absolute atomic E-state index is 12.2. The van der Waals surface area contributed by atoms with E-state index in [2.05, 4.69) is 10.9 Å². The third-order valence-electron chi connectivity index (χ3n) is 4.13. The number of ether oxygens (including phenoxy) is 1. The summed E-state index contributed by atoms with van der Waals surface area (Å²) in [4.78, 5) is 24.3. The smallest absolute Gasteiger partial charge is 0.279 e. The van der Waals surface area contributed by atoms with Gasteiger partial charge >= 0.3 is 0 Å². The molecule has 0 spiro atoms. The molecule has 0 saturated heterocycles. The number of rotatable bonds is 5. The van der Waals surface area contributed by atoms with Gasteiger partial charge in [-0.05, 0) is 47.5 Å². The Kier molecular flexibility index (Phi) is 6.39. The summed E-state index contributed by atoms with van der Waals surface area (Å²) in [5, 5.41) is 2.87. The predicted molar refractivity (Wildman–Crippen MR) is 110 cm³/mol. The Morgan fingerprint density at radius 1 is 0.929 bits per heavy atom. The predicted octanol–water partition coefficient (Wildman–Crippen LogP) is 4.30. The van der Waals surface area contributed by atoms with E-state index >= 15 is 0 Å². The van der Waals surface area contributed by atoms with Crippen molar-refractivity contribution in [2.45, 2.75) is 19.4 Å². The highest BCUT2D eigenvalue weighted by Crippen LogP contribution is 2.24. The molecule has 0 aliphatic rings. The maximum Gasteiger partial charge on any atom is 0.279 e. The molecule has 0 heterocycles. The number of hydrazine groups is 1. The minimum Gasteiger partial charge on any atom is -0.481 e. The van der Waals surface area contributed by atoms with Gasteiger partial charge in [-0.1, -0.05) is 59.6 Å². The van der Waals surface area contributed by atoms with Crippen molar-refractivity contribution >= 4 is 45.8 Å². The molecule has 5 nitrogen and oxygen atoms in total. The highest BCUT2D eigenvalue weighted by atomic mass is 35.5. The molecule has 0 fully saturated rings. The van der Waals surface area contributed by atoms with E-state index in [0.29, 0.717) is 21.4 Å². The monoisotopic (exact) mass is 416 g/mol. The lowest BCUT2D eigenvalue weighted by molar-refractivity contribution is -0.132. The van der Waals surface area contributed by atoms with E-state index in [1.807, 2.05) is 36.4 Å². The standard InChI is InChI=1S/C21H18Cl2N2O3/c1-13(28-16-10-9-14-5-2-3-6-15(14)11-16)21(27)25-24-20(26)12-17-18(22)7-4-8-19(17)23/h2-11,13H,12H2,1H3,(H,24,26)(H,25,27)/t13-/m0/s1. The molecular formula is C21H18Cl2N2O3. The zero-order valence-electron chi connectivity index (χ0n) is 15.0. The van der Waals surface area contributed by atoms with Crippen LogP contribution in [0.3, 0.4) is 0 Å². The second kappa shape index (κ2) is 8.95. The van der Waals surface area contributed by atoms with E-state index < -0.39 is 17.9 Å². The Morgan fingerprint density at radius 3 is 2.32 bits per heavy atom. The number of carbonyl (C=O) groups excluding carboxylic acids is 2. The van der Waals surface area contributed by atoms with Crippen molar-refractivity contribution in [3.05, 3.63) is 76.3 Å². The topological polar surface area (TPSA) is 67.4 Å². The van der Waals surface area contributed by atoms with Crippen molar-refractivity contribution in [2.75, 3.05) is 0 Å². The molecule has 0 aromatic heterocycles. The minimum absolute atomic E-state index is 0.0568. The SMILES string of the molecule is C[C@H](Oc1ccc2ccccc2c1)C(=O)NNC(=O)Cc1c(Cl)cccc1Cl. The first-order chi connectivity index (χ1) is 13.4. The molecule has 2 N–H and O–H groups in total. The average Bonchev–Trinajstić information content (AvgIpc) is 2.69. The van der Waals surface area contributed by atoms with Crippen LogP contribution >= 0.6 is 23.2 Å². The fourth-order valence-corrected chi connectivity index (χ4v) is 3.17. The number of amides is 2.